The number of hydrogen-bond acceptors (Lipinski definition) is 2. The van der Waals surface area contributed by atoms with Crippen LogP contribution in [-0.2, 0) is 22.6 Å². The van der Waals surface area contributed by atoms with Crippen LogP contribution < -0.4 is 5.32 Å². The molecule has 4 heteroatoms. The Hall–Kier alpha value is -1.84. The molecule has 0 radical (unpaired) electrons. The van der Waals surface area contributed by atoms with Gasteiger partial charge in [-0.15, -0.1) is 0 Å². The van der Waals surface area contributed by atoms with Crippen LogP contribution in [0.2, 0.25) is 0 Å². The van der Waals surface area contributed by atoms with Crippen LogP contribution in [0.25, 0.3) is 0 Å². The molecule has 1 aliphatic heterocycles. The Kier molecular flexibility index (Phi) is 4.66. The van der Waals surface area contributed by atoms with Crippen LogP contribution in [-0.4, -0.2) is 28.8 Å². The maximum atomic E-state index is 12.7. The fourth-order valence-electron chi connectivity index (χ4n) is 2.60. The Morgan fingerprint density at radius 2 is 1.76 bits per heavy atom. The number of carbonyl (C=O) groups is 2. The van der Waals surface area contributed by atoms with Crippen molar-refractivity contribution in [1.29, 1.82) is 0 Å². The van der Waals surface area contributed by atoms with Gasteiger partial charge in [0.25, 0.3) is 0 Å². The zero-order chi connectivity index (χ0) is 15.5. The van der Waals surface area contributed by atoms with Crippen LogP contribution >= 0.6 is 0 Å². The third kappa shape index (κ3) is 3.43. The number of hydrogen-bond donors (Lipinski definition) is 1. The summed E-state index contributed by atoms with van der Waals surface area (Å²) in [7, 11) is 0. The summed E-state index contributed by atoms with van der Waals surface area (Å²) < 4.78 is 0. The highest BCUT2D eigenvalue weighted by Crippen LogP contribution is 2.19. The van der Waals surface area contributed by atoms with Crippen LogP contribution in [0.5, 0.6) is 0 Å². The first kappa shape index (κ1) is 15.5. The van der Waals surface area contributed by atoms with Gasteiger partial charge in [-0.2, -0.15) is 0 Å². The first-order valence-corrected chi connectivity index (χ1v) is 7.66. The largest absolute Gasteiger partial charge is 0.342 e. The standard InChI is InChI=1S/C17H24N2O2/c1-4-13-6-8-14(9-7-13)12-19-11-10-15(20)18-17(3,5-2)16(19)21/h6-9H,4-5,10-12H2,1-3H3,(H,18,20). The van der Waals surface area contributed by atoms with Gasteiger partial charge in [-0.25, -0.2) is 0 Å². The van der Waals surface area contributed by atoms with E-state index < -0.39 is 5.54 Å². The Bertz CT molecular complexity index is 524. The van der Waals surface area contributed by atoms with Crippen LogP contribution in [0, 0.1) is 0 Å². The second-order valence-electron chi connectivity index (χ2n) is 5.88. The van der Waals surface area contributed by atoms with Gasteiger partial charge in [-0.1, -0.05) is 38.1 Å². The van der Waals surface area contributed by atoms with Crippen LogP contribution in [0.4, 0.5) is 0 Å². The quantitative estimate of drug-likeness (QED) is 0.924. The number of aryl methyl sites for hydroxylation is 1. The van der Waals surface area contributed by atoms with Crippen molar-refractivity contribution >= 4 is 11.8 Å². The topological polar surface area (TPSA) is 49.4 Å². The first-order valence-electron chi connectivity index (χ1n) is 7.66. The van der Waals surface area contributed by atoms with Gasteiger partial charge in [-0.05, 0) is 30.9 Å². The number of nitrogens with zero attached hydrogens (tertiary/aromatic N) is 1. The minimum Gasteiger partial charge on any atom is -0.342 e. The van der Waals surface area contributed by atoms with Crippen molar-refractivity contribution in [3.8, 4) is 0 Å². The van der Waals surface area contributed by atoms with E-state index in [9.17, 15) is 9.59 Å². The predicted octanol–water partition coefficient (Wildman–Crippen LogP) is 2.27. The van der Waals surface area contributed by atoms with E-state index in [0.29, 0.717) is 25.9 Å². The minimum absolute atomic E-state index is 0.00965. The van der Waals surface area contributed by atoms with E-state index in [2.05, 4.69) is 36.5 Å². The Balaban J connectivity index is 2.17. The van der Waals surface area contributed by atoms with Crippen LogP contribution in [0.3, 0.4) is 0 Å². The van der Waals surface area contributed by atoms with Crippen molar-refractivity contribution in [2.75, 3.05) is 6.54 Å². The van der Waals surface area contributed by atoms with E-state index in [0.717, 1.165) is 12.0 Å². The van der Waals surface area contributed by atoms with Crippen LogP contribution in [0.15, 0.2) is 24.3 Å². The average Bonchev–Trinajstić information content (AvgIpc) is 2.60. The summed E-state index contributed by atoms with van der Waals surface area (Å²) in [5.74, 6) is -0.0352. The number of nitrogens with one attached hydrogen (secondary N) is 1. The van der Waals surface area contributed by atoms with Crippen LogP contribution in [0.1, 0.15) is 44.7 Å². The van der Waals surface area contributed by atoms with Gasteiger partial charge >= 0.3 is 0 Å². The molecule has 0 spiro atoms. The summed E-state index contributed by atoms with van der Waals surface area (Å²) in [5.41, 5.74) is 1.61. The smallest absolute Gasteiger partial charge is 0.248 e. The van der Waals surface area contributed by atoms with Crippen molar-refractivity contribution in [1.82, 2.24) is 10.2 Å². The molecule has 0 aliphatic carbocycles. The summed E-state index contributed by atoms with van der Waals surface area (Å²) in [6, 6.07) is 8.32. The van der Waals surface area contributed by atoms with Gasteiger partial charge in [-0.3, -0.25) is 9.59 Å². The van der Waals surface area contributed by atoms with Gasteiger partial charge in [0, 0.05) is 19.5 Å². The predicted molar refractivity (Wildman–Crippen MR) is 82.7 cm³/mol. The maximum absolute atomic E-state index is 12.7. The first-order chi connectivity index (χ1) is 9.98. The van der Waals surface area contributed by atoms with Crippen molar-refractivity contribution < 1.29 is 9.59 Å². The summed E-state index contributed by atoms with van der Waals surface area (Å²) in [5, 5.41) is 2.86. The van der Waals surface area contributed by atoms with Crippen molar-refractivity contribution in [2.45, 2.75) is 52.1 Å². The Labute approximate surface area is 126 Å². The monoisotopic (exact) mass is 288 g/mol. The molecule has 1 N–H and O–H groups in total. The highest BCUT2D eigenvalue weighted by Gasteiger charge is 2.38. The molecule has 1 fully saturated rings. The highest BCUT2D eigenvalue weighted by molar-refractivity contribution is 5.93. The molecule has 1 aromatic rings. The molecule has 1 aromatic carbocycles. The lowest BCUT2D eigenvalue weighted by atomic mass is 9.97. The lowest BCUT2D eigenvalue weighted by molar-refractivity contribution is -0.138. The second kappa shape index (κ2) is 6.29. The molecule has 21 heavy (non-hydrogen) atoms. The molecule has 1 atom stereocenters. The zero-order valence-corrected chi connectivity index (χ0v) is 13.1. The van der Waals surface area contributed by atoms with E-state index in [1.807, 2.05) is 13.8 Å². The molecule has 1 saturated heterocycles. The minimum atomic E-state index is -0.781. The van der Waals surface area contributed by atoms with E-state index >= 15 is 0 Å². The Morgan fingerprint density at radius 1 is 1.14 bits per heavy atom. The van der Waals surface area contributed by atoms with E-state index in [4.69, 9.17) is 0 Å². The average molecular weight is 288 g/mol. The summed E-state index contributed by atoms with van der Waals surface area (Å²) in [6.07, 6.45) is 1.98. The van der Waals surface area contributed by atoms with Gasteiger partial charge in [0.1, 0.15) is 5.54 Å². The zero-order valence-electron chi connectivity index (χ0n) is 13.1. The number of benzene rings is 1. The fourth-order valence-corrected chi connectivity index (χ4v) is 2.60. The SMILES string of the molecule is CCc1ccc(CN2CCC(=O)NC(C)(CC)C2=O)cc1. The van der Waals surface area contributed by atoms with E-state index in [1.54, 1.807) is 4.90 Å². The fraction of sp³-hybridized carbons (Fsp3) is 0.529. The molecule has 1 heterocycles. The van der Waals surface area contributed by atoms with Gasteiger partial charge in [0.05, 0.1) is 0 Å². The lowest BCUT2D eigenvalue weighted by Crippen LogP contribution is -2.54. The van der Waals surface area contributed by atoms with Gasteiger partial charge in [0.2, 0.25) is 11.8 Å². The number of carbonyl (C=O) groups excluding carboxylic acids is 2. The molecule has 0 bridgehead atoms. The molecule has 0 aromatic heterocycles. The number of amides is 2. The molecule has 1 unspecified atom stereocenters. The van der Waals surface area contributed by atoms with Crippen molar-refractivity contribution in [2.24, 2.45) is 0 Å². The van der Waals surface area contributed by atoms with E-state index in [1.165, 1.54) is 5.56 Å². The Morgan fingerprint density at radius 3 is 2.33 bits per heavy atom. The molecular weight excluding hydrogens is 264 g/mol. The third-order valence-corrected chi connectivity index (χ3v) is 4.30. The van der Waals surface area contributed by atoms with Gasteiger partial charge in [0.15, 0.2) is 0 Å². The molecular formula is C17H24N2O2. The molecule has 0 saturated carbocycles. The lowest BCUT2D eigenvalue weighted by Gasteiger charge is -2.31. The van der Waals surface area contributed by atoms with Gasteiger partial charge < -0.3 is 10.2 Å². The van der Waals surface area contributed by atoms with Crippen molar-refractivity contribution in [3.63, 3.8) is 0 Å². The molecule has 114 valence electrons. The highest BCUT2D eigenvalue weighted by atomic mass is 16.2. The maximum Gasteiger partial charge on any atom is 0.248 e. The molecule has 2 amide bonds. The summed E-state index contributed by atoms with van der Waals surface area (Å²) in [4.78, 5) is 26.3. The molecule has 4 nitrogen and oxygen atoms in total. The van der Waals surface area contributed by atoms with E-state index in [-0.39, 0.29) is 11.8 Å². The number of rotatable bonds is 4. The third-order valence-electron chi connectivity index (χ3n) is 4.30. The second-order valence-corrected chi connectivity index (χ2v) is 5.88. The summed E-state index contributed by atoms with van der Waals surface area (Å²) in [6.45, 7) is 6.91. The van der Waals surface area contributed by atoms with Crippen molar-refractivity contribution in [3.05, 3.63) is 35.4 Å². The molecule has 2 rings (SSSR count). The molecule has 1 aliphatic rings. The summed E-state index contributed by atoms with van der Waals surface area (Å²) >= 11 is 0. The normalized spacial score (nSPS) is 22.9.